The van der Waals surface area contributed by atoms with Gasteiger partial charge in [0.2, 0.25) is 5.91 Å². The van der Waals surface area contributed by atoms with E-state index >= 15 is 0 Å². The molecule has 0 saturated heterocycles. The number of rotatable bonds is 4. The molecule has 11 heavy (non-hydrogen) atoms. The van der Waals surface area contributed by atoms with Gasteiger partial charge < -0.3 is 11.1 Å². The average Bonchev–Trinajstić information content (AvgIpc) is 2.02. The van der Waals surface area contributed by atoms with Crippen molar-refractivity contribution in [3.63, 3.8) is 0 Å². The fourth-order valence-electron chi connectivity index (χ4n) is 0.641. The maximum Gasteiger partial charge on any atom is 0.233 e. The highest BCUT2D eigenvalue weighted by atomic mass is 16.1. The molecule has 66 valence electrons. The van der Waals surface area contributed by atoms with Crippen molar-refractivity contribution >= 4 is 5.91 Å². The van der Waals surface area contributed by atoms with Crippen LogP contribution in [0.3, 0.4) is 0 Å². The second-order valence-electron chi connectivity index (χ2n) is 2.67. The van der Waals surface area contributed by atoms with Gasteiger partial charge in [-0.15, -0.1) is 0 Å². The van der Waals surface area contributed by atoms with Crippen molar-refractivity contribution in [1.82, 2.24) is 10.2 Å². The van der Waals surface area contributed by atoms with E-state index in [2.05, 4.69) is 5.32 Å². The monoisotopic (exact) mass is 159 g/mol. The van der Waals surface area contributed by atoms with E-state index in [0.29, 0.717) is 13.1 Å². The molecule has 0 aromatic rings. The Labute approximate surface area is 67.7 Å². The second-order valence-corrected chi connectivity index (χ2v) is 2.67. The van der Waals surface area contributed by atoms with Crippen molar-refractivity contribution in [2.24, 2.45) is 5.73 Å². The Morgan fingerprint density at radius 1 is 1.73 bits per heavy atom. The van der Waals surface area contributed by atoms with Gasteiger partial charge in [-0.25, -0.2) is 0 Å². The fraction of sp³-hybridized carbons (Fsp3) is 0.857. The van der Waals surface area contributed by atoms with E-state index in [0.717, 1.165) is 0 Å². The number of hydrogen-bond acceptors (Lipinski definition) is 3. The van der Waals surface area contributed by atoms with Gasteiger partial charge in [-0.3, -0.25) is 9.69 Å². The van der Waals surface area contributed by atoms with Gasteiger partial charge in [-0.2, -0.15) is 0 Å². The minimum atomic E-state index is 0.0211. The number of nitrogens with zero attached hydrogens (tertiary/aromatic N) is 1. The van der Waals surface area contributed by atoms with Gasteiger partial charge in [0.25, 0.3) is 0 Å². The molecule has 1 atom stereocenters. The molecule has 0 aliphatic rings. The minimum Gasteiger partial charge on any atom is -0.358 e. The summed E-state index contributed by atoms with van der Waals surface area (Å²) in [4.78, 5) is 12.8. The lowest BCUT2D eigenvalue weighted by molar-refractivity contribution is -0.121. The highest BCUT2D eigenvalue weighted by Crippen LogP contribution is 1.90. The molecule has 0 aromatic heterocycles. The van der Waals surface area contributed by atoms with Crippen LogP contribution in [0, 0.1) is 0 Å². The Balaban J connectivity index is 3.67. The normalized spacial score (nSPS) is 13.2. The van der Waals surface area contributed by atoms with Crippen molar-refractivity contribution in [3.8, 4) is 0 Å². The van der Waals surface area contributed by atoms with Crippen LogP contribution in [0.2, 0.25) is 0 Å². The molecule has 0 aromatic carbocycles. The molecule has 0 unspecified atom stereocenters. The van der Waals surface area contributed by atoms with E-state index in [4.69, 9.17) is 5.73 Å². The fourth-order valence-corrected chi connectivity index (χ4v) is 0.641. The average molecular weight is 159 g/mol. The number of amides is 1. The lowest BCUT2D eigenvalue weighted by atomic mass is 10.3. The molecular formula is C7H17N3O. The van der Waals surface area contributed by atoms with E-state index in [9.17, 15) is 4.79 Å². The van der Waals surface area contributed by atoms with Gasteiger partial charge in [0.15, 0.2) is 0 Å². The highest BCUT2D eigenvalue weighted by Gasteiger charge is 2.09. The van der Waals surface area contributed by atoms with Gasteiger partial charge >= 0.3 is 0 Å². The largest absolute Gasteiger partial charge is 0.358 e. The van der Waals surface area contributed by atoms with Gasteiger partial charge in [0, 0.05) is 19.6 Å². The summed E-state index contributed by atoms with van der Waals surface area (Å²) in [7, 11) is 3.51. The Bertz CT molecular complexity index is 127. The molecule has 4 heteroatoms. The van der Waals surface area contributed by atoms with Crippen LogP contribution in [-0.4, -0.2) is 44.0 Å². The maximum absolute atomic E-state index is 10.8. The molecule has 0 radical (unpaired) electrons. The van der Waals surface area contributed by atoms with Crippen molar-refractivity contribution in [2.75, 3.05) is 27.2 Å². The first-order chi connectivity index (χ1) is 5.11. The summed E-state index contributed by atoms with van der Waals surface area (Å²) in [6.45, 7) is 2.98. The van der Waals surface area contributed by atoms with E-state index in [1.165, 1.54) is 0 Å². The van der Waals surface area contributed by atoms with Crippen LogP contribution in [0.5, 0.6) is 0 Å². The number of nitrogens with two attached hydrogens (primary N) is 1. The third-order valence-corrected chi connectivity index (χ3v) is 1.77. The first-order valence-corrected chi connectivity index (χ1v) is 3.72. The smallest absolute Gasteiger partial charge is 0.233 e. The van der Waals surface area contributed by atoms with Gasteiger partial charge in [-0.05, 0) is 14.0 Å². The summed E-state index contributed by atoms with van der Waals surface area (Å²) in [6.07, 6.45) is 0. The summed E-state index contributed by atoms with van der Waals surface area (Å²) in [5.74, 6) is 0.0211. The third-order valence-electron chi connectivity index (χ3n) is 1.77. The minimum absolute atomic E-state index is 0.0211. The third kappa shape index (κ3) is 3.95. The zero-order valence-corrected chi connectivity index (χ0v) is 7.42. The number of carbonyl (C=O) groups excluding carboxylic acids is 1. The molecule has 0 rings (SSSR count). The number of nitrogens with one attached hydrogen (secondary N) is 1. The Hall–Kier alpha value is -0.610. The maximum atomic E-state index is 10.8. The van der Waals surface area contributed by atoms with Crippen LogP contribution in [-0.2, 0) is 4.79 Å². The molecule has 1 amide bonds. The van der Waals surface area contributed by atoms with Gasteiger partial charge in [0.05, 0.1) is 6.54 Å². The zero-order chi connectivity index (χ0) is 8.85. The molecule has 0 spiro atoms. The molecule has 0 aliphatic carbocycles. The first-order valence-electron chi connectivity index (χ1n) is 3.72. The Morgan fingerprint density at radius 2 is 2.27 bits per heavy atom. The molecular weight excluding hydrogens is 142 g/mol. The number of likely N-dealkylation sites (N-methyl/N-ethyl adjacent to an activating group) is 2. The molecule has 0 fully saturated rings. The molecule has 3 N–H and O–H groups in total. The summed E-state index contributed by atoms with van der Waals surface area (Å²) in [5, 5.41) is 2.55. The predicted molar refractivity (Wildman–Crippen MR) is 45.2 cm³/mol. The quantitative estimate of drug-likeness (QED) is 0.554. The van der Waals surface area contributed by atoms with Crippen LogP contribution in [0.4, 0.5) is 0 Å². The number of carbonyl (C=O) groups is 1. The Morgan fingerprint density at radius 3 is 2.64 bits per heavy atom. The predicted octanol–water partition coefficient (Wildman–Crippen LogP) is -0.989. The summed E-state index contributed by atoms with van der Waals surface area (Å²) in [6, 6.07) is 0.257. The molecule has 0 heterocycles. The Kier molecular flexibility index (Phi) is 4.81. The topological polar surface area (TPSA) is 58.4 Å². The van der Waals surface area contributed by atoms with Gasteiger partial charge in [-0.1, -0.05) is 0 Å². The van der Waals surface area contributed by atoms with Crippen molar-refractivity contribution < 1.29 is 4.79 Å². The molecule has 0 bridgehead atoms. The SMILES string of the molecule is CNC(=O)CN(C)[C@H](C)CN. The van der Waals surface area contributed by atoms with E-state index in [1.54, 1.807) is 7.05 Å². The standard InChI is InChI=1S/C7H17N3O/c1-6(4-8)10(3)5-7(11)9-2/h6H,4-5,8H2,1-3H3,(H,9,11)/t6-/m1/s1. The van der Waals surface area contributed by atoms with Gasteiger partial charge in [0.1, 0.15) is 0 Å². The lowest BCUT2D eigenvalue weighted by Crippen LogP contribution is -2.41. The zero-order valence-electron chi connectivity index (χ0n) is 7.42. The molecule has 4 nitrogen and oxygen atoms in total. The highest BCUT2D eigenvalue weighted by molar-refractivity contribution is 5.77. The van der Waals surface area contributed by atoms with E-state index in [-0.39, 0.29) is 11.9 Å². The van der Waals surface area contributed by atoms with Crippen LogP contribution >= 0.6 is 0 Å². The van der Waals surface area contributed by atoms with Crippen LogP contribution < -0.4 is 11.1 Å². The van der Waals surface area contributed by atoms with Crippen LogP contribution in [0.15, 0.2) is 0 Å². The van der Waals surface area contributed by atoms with Crippen molar-refractivity contribution in [2.45, 2.75) is 13.0 Å². The van der Waals surface area contributed by atoms with E-state index < -0.39 is 0 Å². The first kappa shape index (κ1) is 10.4. The van der Waals surface area contributed by atoms with Crippen molar-refractivity contribution in [1.29, 1.82) is 0 Å². The molecule has 0 aliphatic heterocycles. The summed E-state index contributed by atoms with van der Waals surface area (Å²) >= 11 is 0. The second kappa shape index (κ2) is 5.09. The van der Waals surface area contributed by atoms with Crippen molar-refractivity contribution in [3.05, 3.63) is 0 Å². The molecule has 0 saturated carbocycles. The van der Waals surface area contributed by atoms with Crippen LogP contribution in [0.1, 0.15) is 6.92 Å². The summed E-state index contributed by atoms with van der Waals surface area (Å²) < 4.78 is 0. The summed E-state index contributed by atoms with van der Waals surface area (Å²) in [5.41, 5.74) is 5.42. The number of hydrogen-bond donors (Lipinski definition) is 2. The lowest BCUT2D eigenvalue weighted by Gasteiger charge is -2.21. The van der Waals surface area contributed by atoms with Crippen LogP contribution in [0.25, 0.3) is 0 Å². The van der Waals surface area contributed by atoms with E-state index in [1.807, 2.05) is 18.9 Å².